The Balaban J connectivity index is 1.60. The lowest BCUT2D eigenvalue weighted by Crippen LogP contribution is -2.12. The second-order valence-electron chi connectivity index (χ2n) is 7.32. The normalized spacial score (nSPS) is 10.9. The van der Waals surface area contributed by atoms with Crippen molar-refractivity contribution in [1.82, 2.24) is 0 Å². The smallest absolute Gasteiger partial charge is 0.255 e. The van der Waals surface area contributed by atoms with E-state index in [1.165, 1.54) is 6.07 Å². The van der Waals surface area contributed by atoms with E-state index in [9.17, 15) is 9.59 Å². The van der Waals surface area contributed by atoms with E-state index in [1.807, 2.05) is 51.1 Å². The van der Waals surface area contributed by atoms with Crippen molar-refractivity contribution in [3.8, 4) is 11.3 Å². The Bertz CT molecular complexity index is 1280. The molecule has 1 amide bonds. The fraction of sp³-hybridized carbons (Fsp3) is 0.120. The molecule has 1 aromatic heterocycles. The Kier molecular flexibility index (Phi) is 4.77. The molecule has 0 radical (unpaired) electrons. The molecule has 4 aromatic rings. The number of hydrogen-bond acceptors (Lipinski definition) is 3. The molecule has 0 atom stereocenters. The van der Waals surface area contributed by atoms with Crippen LogP contribution < -0.4 is 10.7 Å². The minimum Gasteiger partial charge on any atom is -0.456 e. The number of carbonyl (C=O) groups excluding carboxylic acids is 1. The van der Waals surface area contributed by atoms with Gasteiger partial charge in [0, 0.05) is 22.9 Å². The first-order valence-electron chi connectivity index (χ1n) is 9.44. The van der Waals surface area contributed by atoms with E-state index in [0.29, 0.717) is 22.3 Å². The summed E-state index contributed by atoms with van der Waals surface area (Å²) in [6.45, 7) is 5.92. The van der Waals surface area contributed by atoms with Gasteiger partial charge in [-0.25, -0.2) is 0 Å². The van der Waals surface area contributed by atoms with Crippen LogP contribution in [0, 0.1) is 20.8 Å². The van der Waals surface area contributed by atoms with Gasteiger partial charge in [-0.15, -0.1) is 0 Å². The van der Waals surface area contributed by atoms with Crippen molar-refractivity contribution >= 4 is 22.6 Å². The zero-order valence-corrected chi connectivity index (χ0v) is 16.6. The van der Waals surface area contributed by atoms with E-state index in [4.69, 9.17) is 4.42 Å². The van der Waals surface area contributed by atoms with Gasteiger partial charge in [-0.2, -0.15) is 0 Å². The van der Waals surface area contributed by atoms with E-state index in [1.54, 1.807) is 30.3 Å². The predicted molar refractivity (Wildman–Crippen MR) is 117 cm³/mol. The molecule has 0 spiro atoms. The molecular formula is C25H21NO3. The van der Waals surface area contributed by atoms with E-state index in [-0.39, 0.29) is 11.3 Å². The fourth-order valence-electron chi connectivity index (χ4n) is 3.35. The third-order valence-electron chi connectivity index (χ3n) is 4.94. The van der Waals surface area contributed by atoms with Crippen molar-refractivity contribution in [1.29, 1.82) is 0 Å². The highest BCUT2D eigenvalue weighted by atomic mass is 16.3. The van der Waals surface area contributed by atoms with Crippen molar-refractivity contribution in [3.63, 3.8) is 0 Å². The Morgan fingerprint density at radius 3 is 2.24 bits per heavy atom. The second-order valence-corrected chi connectivity index (χ2v) is 7.32. The number of aryl methyl sites for hydroxylation is 3. The van der Waals surface area contributed by atoms with Crippen LogP contribution in [0.1, 0.15) is 27.0 Å². The molecular weight excluding hydrogens is 362 g/mol. The summed E-state index contributed by atoms with van der Waals surface area (Å²) in [5.74, 6) is 0.298. The molecule has 1 heterocycles. The standard InChI is InChI=1S/C25H21NO3/c1-15-4-10-21(17(3)12-15)26-25(28)19-8-6-18(7-9-19)24-14-22(27)20-13-16(2)5-11-23(20)29-24/h4-14H,1-3H3,(H,26,28). The molecule has 0 aliphatic carbocycles. The van der Waals surface area contributed by atoms with Gasteiger partial charge in [-0.1, -0.05) is 41.5 Å². The lowest BCUT2D eigenvalue weighted by molar-refractivity contribution is 0.102. The van der Waals surface area contributed by atoms with E-state index in [0.717, 1.165) is 27.9 Å². The second kappa shape index (κ2) is 7.40. The molecule has 0 bridgehead atoms. The van der Waals surface area contributed by atoms with Crippen molar-refractivity contribution in [2.75, 3.05) is 5.32 Å². The molecule has 4 nitrogen and oxygen atoms in total. The summed E-state index contributed by atoms with van der Waals surface area (Å²) < 4.78 is 5.91. The van der Waals surface area contributed by atoms with Crippen LogP contribution in [0.15, 0.2) is 75.9 Å². The number of carbonyl (C=O) groups is 1. The monoisotopic (exact) mass is 383 g/mol. The zero-order chi connectivity index (χ0) is 20.5. The van der Waals surface area contributed by atoms with Crippen molar-refractivity contribution in [2.45, 2.75) is 20.8 Å². The molecule has 0 aliphatic heterocycles. The lowest BCUT2D eigenvalue weighted by atomic mass is 10.1. The molecule has 3 aromatic carbocycles. The number of benzene rings is 3. The molecule has 0 fully saturated rings. The topological polar surface area (TPSA) is 59.3 Å². The first kappa shape index (κ1) is 18.7. The maximum absolute atomic E-state index is 12.6. The summed E-state index contributed by atoms with van der Waals surface area (Å²) in [4.78, 5) is 25.0. The Labute approximate surface area is 168 Å². The summed E-state index contributed by atoms with van der Waals surface area (Å²) in [5, 5.41) is 3.51. The summed E-state index contributed by atoms with van der Waals surface area (Å²) in [7, 11) is 0. The Hall–Kier alpha value is -3.66. The molecule has 0 saturated heterocycles. The molecule has 4 rings (SSSR count). The molecule has 144 valence electrons. The average Bonchev–Trinajstić information content (AvgIpc) is 2.70. The largest absolute Gasteiger partial charge is 0.456 e. The van der Waals surface area contributed by atoms with Crippen LogP contribution in [0.3, 0.4) is 0 Å². The average molecular weight is 383 g/mol. The summed E-state index contributed by atoms with van der Waals surface area (Å²) >= 11 is 0. The predicted octanol–water partition coefficient (Wildman–Crippen LogP) is 5.64. The van der Waals surface area contributed by atoms with Gasteiger partial charge >= 0.3 is 0 Å². The van der Waals surface area contributed by atoms with Crippen molar-refractivity contribution in [2.24, 2.45) is 0 Å². The van der Waals surface area contributed by atoms with Gasteiger partial charge < -0.3 is 9.73 Å². The van der Waals surface area contributed by atoms with Gasteiger partial charge in [0.25, 0.3) is 5.91 Å². The van der Waals surface area contributed by atoms with Gasteiger partial charge in [-0.3, -0.25) is 9.59 Å². The highest BCUT2D eigenvalue weighted by Gasteiger charge is 2.11. The number of rotatable bonds is 3. The zero-order valence-electron chi connectivity index (χ0n) is 16.6. The van der Waals surface area contributed by atoms with Crippen molar-refractivity contribution in [3.05, 3.63) is 99.2 Å². The molecule has 29 heavy (non-hydrogen) atoms. The maximum Gasteiger partial charge on any atom is 0.255 e. The number of anilines is 1. The third kappa shape index (κ3) is 3.83. The number of amides is 1. The Morgan fingerprint density at radius 1 is 0.828 bits per heavy atom. The number of nitrogens with one attached hydrogen (secondary N) is 1. The summed E-state index contributed by atoms with van der Waals surface area (Å²) in [6.07, 6.45) is 0. The Morgan fingerprint density at radius 2 is 1.52 bits per heavy atom. The van der Waals surface area contributed by atoms with Crippen LogP contribution in [0.5, 0.6) is 0 Å². The van der Waals surface area contributed by atoms with Crippen LogP contribution in [0.25, 0.3) is 22.3 Å². The number of fused-ring (bicyclic) bond motifs is 1. The quantitative estimate of drug-likeness (QED) is 0.498. The van der Waals surface area contributed by atoms with E-state index < -0.39 is 0 Å². The van der Waals surface area contributed by atoms with Crippen LogP contribution in [0.4, 0.5) is 5.69 Å². The molecule has 0 aliphatic rings. The van der Waals surface area contributed by atoms with E-state index >= 15 is 0 Å². The van der Waals surface area contributed by atoms with Crippen LogP contribution >= 0.6 is 0 Å². The van der Waals surface area contributed by atoms with Gasteiger partial charge in [0.2, 0.25) is 0 Å². The molecule has 1 N–H and O–H groups in total. The minimum atomic E-state index is -0.182. The van der Waals surface area contributed by atoms with Crippen LogP contribution in [-0.4, -0.2) is 5.91 Å². The first-order valence-corrected chi connectivity index (χ1v) is 9.44. The van der Waals surface area contributed by atoms with Gasteiger partial charge in [0.1, 0.15) is 11.3 Å². The molecule has 0 saturated carbocycles. The summed E-state index contributed by atoms with van der Waals surface area (Å²) in [6, 6.07) is 20.0. The SMILES string of the molecule is Cc1ccc(NC(=O)c2ccc(-c3cc(=O)c4cc(C)ccc4o3)cc2)c(C)c1. The molecule has 0 unspecified atom stereocenters. The number of hydrogen-bond donors (Lipinski definition) is 1. The highest BCUT2D eigenvalue weighted by Crippen LogP contribution is 2.24. The summed E-state index contributed by atoms with van der Waals surface area (Å²) in [5.41, 5.74) is 5.72. The molecule has 4 heteroatoms. The van der Waals surface area contributed by atoms with Gasteiger partial charge in [0.15, 0.2) is 5.43 Å². The third-order valence-corrected chi connectivity index (χ3v) is 4.94. The minimum absolute atomic E-state index is 0.0818. The van der Waals surface area contributed by atoms with Crippen molar-refractivity contribution < 1.29 is 9.21 Å². The highest BCUT2D eigenvalue weighted by molar-refractivity contribution is 6.04. The van der Waals surface area contributed by atoms with E-state index in [2.05, 4.69) is 5.32 Å². The van der Waals surface area contributed by atoms with Crippen LogP contribution in [0.2, 0.25) is 0 Å². The van der Waals surface area contributed by atoms with Gasteiger partial charge in [-0.05, 0) is 56.7 Å². The fourth-order valence-corrected chi connectivity index (χ4v) is 3.35. The van der Waals surface area contributed by atoms with Crippen LogP contribution in [-0.2, 0) is 0 Å². The van der Waals surface area contributed by atoms with Gasteiger partial charge in [0.05, 0.1) is 5.39 Å². The maximum atomic E-state index is 12.6. The lowest BCUT2D eigenvalue weighted by Gasteiger charge is -2.10. The first-order chi connectivity index (χ1) is 13.9.